The molecule has 0 bridgehead atoms. The fourth-order valence-electron chi connectivity index (χ4n) is 2.83. The molecule has 2 heterocycles. The number of nitrogens with zero attached hydrogens (tertiary/aromatic N) is 4. The topological polar surface area (TPSA) is 115 Å². The van der Waals surface area contributed by atoms with Crippen molar-refractivity contribution < 1.29 is 14.0 Å². The summed E-state index contributed by atoms with van der Waals surface area (Å²) in [4.78, 5) is 37.5. The second-order valence-corrected chi connectivity index (χ2v) is 7.79. The summed E-state index contributed by atoms with van der Waals surface area (Å²) in [6.45, 7) is 0. The highest BCUT2D eigenvalue weighted by Gasteiger charge is 2.30. The van der Waals surface area contributed by atoms with Crippen molar-refractivity contribution >= 4 is 29.1 Å². The van der Waals surface area contributed by atoms with Crippen LogP contribution >= 0.6 is 23.4 Å². The third-order valence-corrected chi connectivity index (χ3v) is 5.68. The second-order valence-electron chi connectivity index (χ2n) is 6.41. The number of para-hydroxylation sites is 1. The number of benzene rings is 2. The van der Waals surface area contributed by atoms with E-state index in [1.54, 1.807) is 48.5 Å². The first-order valence-corrected chi connectivity index (χ1v) is 10.4. The standard InChI is InChI=1S/C20H14ClN5O4S/c1-25-18(28)16(12-7-9-13(21)10-8-12)22-23-20(25)31-11-15(27)17-19(29)30-24-26(17)14-5-3-2-4-6-14/h2-10H,11H2,1H3/p+1. The maximum Gasteiger partial charge on any atom is 0.438 e. The highest BCUT2D eigenvalue weighted by atomic mass is 35.5. The minimum atomic E-state index is -0.785. The van der Waals surface area contributed by atoms with Gasteiger partial charge in [0.2, 0.25) is 11.5 Å². The van der Waals surface area contributed by atoms with Crippen LogP contribution in [0.25, 0.3) is 16.9 Å². The van der Waals surface area contributed by atoms with Crippen molar-refractivity contribution in [3.05, 3.63) is 86.1 Å². The zero-order chi connectivity index (χ0) is 22.0. The van der Waals surface area contributed by atoms with Crippen molar-refractivity contribution in [2.45, 2.75) is 5.16 Å². The van der Waals surface area contributed by atoms with Crippen molar-refractivity contribution in [1.82, 2.24) is 20.0 Å². The van der Waals surface area contributed by atoms with E-state index in [-0.39, 0.29) is 27.9 Å². The van der Waals surface area contributed by atoms with Crippen molar-refractivity contribution in [3.63, 3.8) is 0 Å². The number of aromatic nitrogens is 5. The van der Waals surface area contributed by atoms with Gasteiger partial charge in [-0.2, -0.15) is 0 Å². The normalized spacial score (nSPS) is 10.9. The molecule has 2 aromatic carbocycles. The van der Waals surface area contributed by atoms with Gasteiger partial charge in [0, 0.05) is 29.8 Å². The van der Waals surface area contributed by atoms with Gasteiger partial charge in [0.1, 0.15) is 0 Å². The Morgan fingerprint density at radius 3 is 2.55 bits per heavy atom. The number of Topliss-reactive ketones (excluding diaryl/α,β-unsaturated/α-hetero) is 1. The second kappa shape index (κ2) is 8.70. The first-order chi connectivity index (χ1) is 15.0. The van der Waals surface area contributed by atoms with Gasteiger partial charge in [0.25, 0.3) is 5.56 Å². The SMILES string of the molecule is Cn1c(SCC(=O)c2c(=O)o[nH][n+]2-c2ccccc2)nnc(-c2ccc(Cl)cc2)c1=O. The highest BCUT2D eigenvalue weighted by Crippen LogP contribution is 2.18. The van der Waals surface area contributed by atoms with Gasteiger partial charge in [-0.05, 0) is 22.1 Å². The number of thioether (sulfide) groups is 1. The molecule has 0 spiro atoms. The van der Waals surface area contributed by atoms with Crippen LogP contribution in [-0.2, 0) is 7.05 Å². The summed E-state index contributed by atoms with van der Waals surface area (Å²) in [5.74, 6) is -0.627. The van der Waals surface area contributed by atoms with Crippen LogP contribution in [-0.4, -0.2) is 31.6 Å². The molecule has 0 aliphatic heterocycles. The number of nitrogens with one attached hydrogen (secondary N) is 1. The van der Waals surface area contributed by atoms with E-state index in [4.69, 9.17) is 16.1 Å². The first-order valence-electron chi connectivity index (χ1n) is 9.00. The minimum Gasteiger partial charge on any atom is -0.287 e. The number of halogens is 1. The largest absolute Gasteiger partial charge is 0.438 e. The van der Waals surface area contributed by atoms with Gasteiger partial charge in [-0.15, -0.1) is 10.2 Å². The summed E-state index contributed by atoms with van der Waals surface area (Å²) >= 11 is 6.88. The Morgan fingerprint density at radius 2 is 1.84 bits per heavy atom. The predicted molar refractivity (Wildman–Crippen MR) is 114 cm³/mol. The Kier molecular flexibility index (Phi) is 5.83. The lowest BCUT2D eigenvalue weighted by atomic mass is 10.2. The lowest BCUT2D eigenvalue weighted by Crippen LogP contribution is -2.41. The molecular formula is C20H15ClN5O4S+. The number of carbonyl (C=O) groups is 1. The molecule has 0 unspecified atom stereocenters. The summed E-state index contributed by atoms with van der Waals surface area (Å²) in [5, 5.41) is 11.3. The molecule has 0 radical (unpaired) electrons. The molecule has 0 aliphatic carbocycles. The molecule has 0 atom stereocenters. The van der Waals surface area contributed by atoms with Gasteiger partial charge >= 0.3 is 11.3 Å². The predicted octanol–water partition coefficient (Wildman–Crippen LogP) is 2.03. The third kappa shape index (κ3) is 4.21. The summed E-state index contributed by atoms with van der Waals surface area (Å²) in [5.41, 5.74) is 0.0120. The molecule has 156 valence electrons. The zero-order valence-corrected chi connectivity index (χ0v) is 17.7. The maximum absolute atomic E-state index is 12.7. The van der Waals surface area contributed by atoms with Crippen LogP contribution in [0.2, 0.25) is 5.02 Å². The monoisotopic (exact) mass is 456 g/mol. The van der Waals surface area contributed by atoms with E-state index >= 15 is 0 Å². The van der Waals surface area contributed by atoms with Crippen molar-refractivity contribution in [3.8, 4) is 16.9 Å². The lowest BCUT2D eigenvalue weighted by Gasteiger charge is -2.07. The summed E-state index contributed by atoms with van der Waals surface area (Å²) in [6.07, 6.45) is 0. The van der Waals surface area contributed by atoms with Crippen LogP contribution in [0.1, 0.15) is 10.5 Å². The van der Waals surface area contributed by atoms with Crippen molar-refractivity contribution in [2.24, 2.45) is 7.05 Å². The van der Waals surface area contributed by atoms with E-state index in [9.17, 15) is 14.4 Å². The number of aromatic amines is 1. The number of rotatable bonds is 6. The quantitative estimate of drug-likeness (QED) is 0.268. The third-order valence-electron chi connectivity index (χ3n) is 4.40. The van der Waals surface area contributed by atoms with Gasteiger partial charge in [0.15, 0.2) is 10.9 Å². The Hall–Kier alpha value is -3.50. The number of ketones is 1. The smallest absolute Gasteiger partial charge is 0.287 e. The van der Waals surface area contributed by atoms with E-state index < -0.39 is 11.4 Å². The molecule has 1 N–H and O–H groups in total. The van der Waals surface area contributed by atoms with Gasteiger partial charge < -0.3 is 0 Å². The van der Waals surface area contributed by atoms with E-state index in [1.807, 2.05) is 6.07 Å². The molecular weight excluding hydrogens is 442 g/mol. The Morgan fingerprint density at radius 1 is 1.13 bits per heavy atom. The number of carbonyl (C=O) groups excluding carboxylic acids is 1. The van der Waals surface area contributed by atoms with Crippen molar-refractivity contribution in [1.29, 1.82) is 0 Å². The van der Waals surface area contributed by atoms with Crippen LogP contribution in [0.5, 0.6) is 0 Å². The molecule has 4 rings (SSSR count). The van der Waals surface area contributed by atoms with Crippen molar-refractivity contribution in [2.75, 3.05) is 5.75 Å². The average Bonchev–Trinajstić information content (AvgIpc) is 3.17. The van der Waals surface area contributed by atoms with Crippen LogP contribution in [0.3, 0.4) is 0 Å². The number of hydrogen-bond donors (Lipinski definition) is 1. The molecule has 0 aliphatic rings. The molecule has 0 fully saturated rings. The lowest BCUT2D eigenvalue weighted by molar-refractivity contribution is -0.672. The Labute approximate surface area is 184 Å². The van der Waals surface area contributed by atoms with Crippen LogP contribution in [0.15, 0.2) is 73.9 Å². The fraction of sp³-hybridized carbons (Fsp3) is 0.100. The number of hydrogen-bond acceptors (Lipinski definition) is 7. The van der Waals surface area contributed by atoms with Crippen LogP contribution in [0.4, 0.5) is 0 Å². The summed E-state index contributed by atoms with van der Waals surface area (Å²) in [6, 6.07) is 15.5. The maximum atomic E-state index is 12.7. The first kappa shape index (κ1) is 20.8. The number of H-pyrrole nitrogens is 1. The molecule has 9 nitrogen and oxygen atoms in total. The fourth-order valence-corrected chi connectivity index (χ4v) is 3.73. The molecule has 0 saturated heterocycles. The van der Waals surface area contributed by atoms with E-state index in [0.29, 0.717) is 16.3 Å². The van der Waals surface area contributed by atoms with E-state index in [1.165, 1.54) is 16.3 Å². The van der Waals surface area contributed by atoms with Gasteiger partial charge in [-0.3, -0.25) is 18.7 Å². The Balaban J connectivity index is 1.57. The van der Waals surface area contributed by atoms with Gasteiger partial charge in [0.05, 0.1) is 5.75 Å². The van der Waals surface area contributed by atoms with Crippen LogP contribution in [0, 0.1) is 0 Å². The van der Waals surface area contributed by atoms with E-state index in [2.05, 4.69) is 15.5 Å². The summed E-state index contributed by atoms with van der Waals surface area (Å²) in [7, 11) is 1.54. The summed E-state index contributed by atoms with van der Waals surface area (Å²) < 4.78 is 7.38. The zero-order valence-electron chi connectivity index (χ0n) is 16.1. The molecule has 0 amide bonds. The molecule has 4 aromatic rings. The highest BCUT2D eigenvalue weighted by molar-refractivity contribution is 7.99. The molecule has 31 heavy (non-hydrogen) atoms. The van der Waals surface area contributed by atoms with Gasteiger partial charge in [-0.25, -0.2) is 4.79 Å². The minimum absolute atomic E-state index is 0.141. The van der Waals surface area contributed by atoms with Gasteiger partial charge in [-0.1, -0.05) is 53.7 Å². The molecule has 2 aromatic heterocycles. The average molecular weight is 457 g/mol. The molecule has 0 saturated carbocycles. The molecule has 11 heteroatoms. The Bertz CT molecular complexity index is 1360. The van der Waals surface area contributed by atoms with Crippen LogP contribution < -0.4 is 15.9 Å². The van der Waals surface area contributed by atoms with E-state index in [0.717, 1.165) is 11.8 Å².